The van der Waals surface area contributed by atoms with Gasteiger partial charge in [0.1, 0.15) is 5.69 Å². The van der Waals surface area contributed by atoms with Crippen molar-refractivity contribution in [1.29, 1.82) is 0 Å². The van der Waals surface area contributed by atoms with Crippen molar-refractivity contribution in [2.24, 2.45) is 5.41 Å². The number of amides is 1. The minimum absolute atomic E-state index is 0.103. The van der Waals surface area contributed by atoms with Gasteiger partial charge in [0.2, 0.25) is 0 Å². The average Bonchev–Trinajstić information content (AvgIpc) is 3.20. The molecule has 4 rings (SSSR count). The molecule has 25 heavy (non-hydrogen) atoms. The lowest BCUT2D eigenvalue weighted by Crippen LogP contribution is -2.48. The number of aromatic nitrogens is 2. The van der Waals surface area contributed by atoms with Crippen LogP contribution in [-0.2, 0) is 6.54 Å². The third-order valence-electron chi connectivity index (χ3n) is 5.84. The number of carbonyl (C=O) groups excluding carboxylic acids is 1. The highest BCUT2D eigenvalue weighted by Gasteiger charge is 2.38. The van der Waals surface area contributed by atoms with E-state index in [4.69, 9.17) is 0 Å². The lowest BCUT2D eigenvalue weighted by Gasteiger charge is -2.46. The van der Waals surface area contributed by atoms with Crippen LogP contribution in [0.3, 0.4) is 0 Å². The van der Waals surface area contributed by atoms with Gasteiger partial charge in [0.25, 0.3) is 5.91 Å². The monoisotopic (exact) mass is 356 g/mol. The van der Waals surface area contributed by atoms with Crippen LogP contribution in [0.5, 0.6) is 0 Å². The lowest BCUT2D eigenvalue weighted by atomic mass is 9.71. The second-order valence-electron chi connectivity index (χ2n) is 7.30. The first-order valence-corrected chi connectivity index (χ1v) is 9.97. The smallest absolute Gasteiger partial charge is 0.273 e. The summed E-state index contributed by atoms with van der Waals surface area (Å²) < 4.78 is 0. The number of nitrogens with zero attached hydrogens (tertiary/aromatic N) is 4. The normalized spacial score (nSPS) is 20.7. The van der Waals surface area contributed by atoms with E-state index in [2.05, 4.69) is 27.0 Å². The predicted octanol–water partition coefficient (Wildman–Crippen LogP) is 3.06. The molecule has 1 spiro atoms. The van der Waals surface area contributed by atoms with Crippen LogP contribution in [0.1, 0.15) is 41.7 Å². The lowest BCUT2D eigenvalue weighted by molar-refractivity contribution is 0.0282. The molecule has 2 aliphatic rings. The Bertz CT molecular complexity index is 685. The van der Waals surface area contributed by atoms with E-state index >= 15 is 0 Å². The summed E-state index contributed by atoms with van der Waals surface area (Å²) in [6.07, 6.45) is 8.50. The van der Waals surface area contributed by atoms with Gasteiger partial charge in [-0.3, -0.25) is 14.7 Å². The van der Waals surface area contributed by atoms with Gasteiger partial charge in [-0.1, -0.05) is 0 Å². The number of thiazole rings is 1. The number of hydrogen-bond acceptors (Lipinski definition) is 5. The topological polar surface area (TPSA) is 49.3 Å². The molecule has 0 bridgehead atoms. The fourth-order valence-corrected chi connectivity index (χ4v) is 4.62. The third kappa shape index (κ3) is 3.75. The van der Waals surface area contributed by atoms with E-state index in [1.54, 1.807) is 5.51 Å². The Kier molecular flexibility index (Phi) is 4.81. The molecule has 0 aliphatic carbocycles. The van der Waals surface area contributed by atoms with Crippen molar-refractivity contribution in [3.05, 3.63) is 46.7 Å². The fraction of sp³-hybridized carbons (Fsp3) is 0.526. The van der Waals surface area contributed by atoms with Crippen LogP contribution in [0.15, 0.2) is 35.4 Å². The molecular formula is C19H24N4OS. The summed E-state index contributed by atoms with van der Waals surface area (Å²) in [5, 5.41) is 1.85. The molecule has 0 saturated carbocycles. The molecule has 0 radical (unpaired) electrons. The zero-order chi connectivity index (χ0) is 17.1. The molecule has 4 heterocycles. The summed E-state index contributed by atoms with van der Waals surface area (Å²) in [5.74, 6) is 0.103. The van der Waals surface area contributed by atoms with Gasteiger partial charge in [0.05, 0.1) is 5.51 Å². The number of pyridine rings is 1. The summed E-state index contributed by atoms with van der Waals surface area (Å²) >= 11 is 1.49. The molecule has 1 amide bonds. The van der Waals surface area contributed by atoms with E-state index in [0.29, 0.717) is 11.1 Å². The SMILES string of the molecule is O=C(c1cscn1)N1CCC2(CCN(Cc3ccncc3)CC2)CC1. The summed E-state index contributed by atoms with van der Waals surface area (Å²) in [6, 6.07) is 4.21. The molecule has 0 atom stereocenters. The molecule has 132 valence electrons. The van der Waals surface area contributed by atoms with Crippen LogP contribution in [0, 0.1) is 5.41 Å². The highest BCUT2D eigenvalue weighted by Crippen LogP contribution is 2.41. The van der Waals surface area contributed by atoms with Crippen LogP contribution < -0.4 is 0 Å². The van der Waals surface area contributed by atoms with Gasteiger partial charge in [-0.15, -0.1) is 11.3 Å². The highest BCUT2D eigenvalue weighted by atomic mass is 32.1. The minimum Gasteiger partial charge on any atom is -0.337 e. The second kappa shape index (κ2) is 7.22. The van der Waals surface area contributed by atoms with Crippen molar-refractivity contribution in [3.8, 4) is 0 Å². The van der Waals surface area contributed by atoms with E-state index in [0.717, 1.165) is 45.6 Å². The van der Waals surface area contributed by atoms with E-state index in [-0.39, 0.29) is 5.91 Å². The molecule has 0 aromatic carbocycles. The van der Waals surface area contributed by atoms with Gasteiger partial charge in [0.15, 0.2) is 0 Å². The maximum atomic E-state index is 12.4. The molecule has 5 nitrogen and oxygen atoms in total. The van der Waals surface area contributed by atoms with Crippen LogP contribution in [0.25, 0.3) is 0 Å². The van der Waals surface area contributed by atoms with Gasteiger partial charge in [-0.2, -0.15) is 0 Å². The maximum absolute atomic E-state index is 12.4. The number of piperidine rings is 2. The molecule has 6 heteroatoms. The fourth-order valence-electron chi connectivity index (χ4n) is 4.10. The standard InChI is InChI=1S/C19H24N4OS/c24-18(17-14-25-15-21-17)23-11-5-19(6-12-23)3-9-22(10-4-19)13-16-1-7-20-8-2-16/h1-2,7-8,14-15H,3-6,9-13H2. The molecule has 2 fully saturated rings. The molecule has 0 unspecified atom stereocenters. The zero-order valence-corrected chi connectivity index (χ0v) is 15.2. The summed E-state index contributed by atoms with van der Waals surface area (Å²) in [4.78, 5) is 25.2. The average molecular weight is 356 g/mol. The van der Waals surface area contributed by atoms with Gasteiger partial charge in [-0.25, -0.2) is 4.98 Å². The summed E-state index contributed by atoms with van der Waals surface area (Å²) in [5.41, 5.74) is 4.12. The van der Waals surface area contributed by atoms with Crippen molar-refractivity contribution in [2.75, 3.05) is 26.2 Å². The Morgan fingerprint density at radius 1 is 1.08 bits per heavy atom. The van der Waals surface area contributed by atoms with Crippen LogP contribution >= 0.6 is 11.3 Å². The number of hydrogen-bond donors (Lipinski definition) is 0. The first-order valence-electron chi connectivity index (χ1n) is 9.03. The third-order valence-corrected chi connectivity index (χ3v) is 6.42. The number of carbonyl (C=O) groups is 1. The van der Waals surface area contributed by atoms with Crippen molar-refractivity contribution in [1.82, 2.24) is 19.8 Å². The van der Waals surface area contributed by atoms with Gasteiger partial charge in [0, 0.05) is 37.4 Å². The van der Waals surface area contributed by atoms with Crippen LogP contribution in [0.4, 0.5) is 0 Å². The van der Waals surface area contributed by atoms with Crippen molar-refractivity contribution >= 4 is 17.2 Å². The van der Waals surface area contributed by atoms with Crippen LogP contribution in [-0.4, -0.2) is 51.9 Å². The number of rotatable bonds is 3. The molecule has 2 aromatic heterocycles. The number of likely N-dealkylation sites (tertiary alicyclic amines) is 2. The van der Waals surface area contributed by atoms with Crippen LogP contribution in [0.2, 0.25) is 0 Å². The zero-order valence-electron chi connectivity index (χ0n) is 14.4. The van der Waals surface area contributed by atoms with Crippen molar-refractivity contribution in [2.45, 2.75) is 32.2 Å². The Morgan fingerprint density at radius 2 is 1.76 bits per heavy atom. The quantitative estimate of drug-likeness (QED) is 0.848. The van der Waals surface area contributed by atoms with E-state index in [1.807, 2.05) is 22.7 Å². The summed E-state index contributed by atoms with van der Waals surface area (Å²) in [7, 11) is 0. The Hall–Kier alpha value is -1.79. The molecular weight excluding hydrogens is 332 g/mol. The Balaban J connectivity index is 1.29. The molecule has 2 aromatic rings. The Morgan fingerprint density at radius 3 is 2.40 bits per heavy atom. The summed E-state index contributed by atoms with van der Waals surface area (Å²) in [6.45, 7) is 5.08. The van der Waals surface area contributed by atoms with E-state index in [9.17, 15) is 4.79 Å². The largest absolute Gasteiger partial charge is 0.337 e. The van der Waals surface area contributed by atoms with Crippen molar-refractivity contribution < 1.29 is 4.79 Å². The molecule has 2 saturated heterocycles. The van der Waals surface area contributed by atoms with Gasteiger partial charge in [-0.05, 0) is 61.9 Å². The van der Waals surface area contributed by atoms with Gasteiger partial charge >= 0.3 is 0 Å². The predicted molar refractivity (Wildman–Crippen MR) is 98.4 cm³/mol. The first kappa shape index (κ1) is 16.7. The van der Waals surface area contributed by atoms with Crippen molar-refractivity contribution in [3.63, 3.8) is 0 Å². The van der Waals surface area contributed by atoms with E-state index in [1.165, 1.54) is 29.7 Å². The first-order chi connectivity index (χ1) is 12.2. The molecule has 2 aliphatic heterocycles. The Labute approximate surface area is 152 Å². The second-order valence-corrected chi connectivity index (χ2v) is 8.02. The van der Waals surface area contributed by atoms with Gasteiger partial charge < -0.3 is 4.90 Å². The minimum atomic E-state index is 0.103. The maximum Gasteiger partial charge on any atom is 0.273 e. The highest BCUT2D eigenvalue weighted by molar-refractivity contribution is 7.07. The molecule has 0 N–H and O–H groups in total. The van der Waals surface area contributed by atoms with E-state index < -0.39 is 0 Å².